The number of alkyl halides is 1. The standard InChI is InChI=1S/C5H10FNO2/c6-5-4(9)3(2-8)1-7-5/h3-5,7-9H,1-2H2. The molecule has 3 N–H and O–H groups in total. The Morgan fingerprint density at radius 3 is 2.56 bits per heavy atom. The summed E-state index contributed by atoms with van der Waals surface area (Å²) < 4.78 is 12.3. The molecule has 0 radical (unpaired) electrons. The number of aliphatic hydroxyl groups is 2. The van der Waals surface area contributed by atoms with Crippen molar-refractivity contribution in [2.45, 2.75) is 12.4 Å². The van der Waals surface area contributed by atoms with Gasteiger partial charge in [-0.15, -0.1) is 0 Å². The molecule has 0 aromatic heterocycles. The molecular weight excluding hydrogens is 125 g/mol. The molecule has 3 atom stereocenters. The van der Waals surface area contributed by atoms with Gasteiger partial charge in [0.25, 0.3) is 0 Å². The minimum Gasteiger partial charge on any atom is -0.396 e. The van der Waals surface area contributed by atoms with Gasteiger partial charge in [-0.2, -0.15) is 0 Å². The quantitative estimate of drug-likeness (QED) is 0.398. The Labute approximate surface area is 52.5 Å². The fourth-order valence-corrected chi connectivity index (χ4v) is 0.917. The van der Waals surface area contributed by atoms with Gasteiger partial charge in [0.15, 0.2) is 6.30 Å². The highest BCUT2D eigenvalue weighted by Gasteiger charge is 2.33. The molecule has 0 saturated carbocycles. The molecule has 1 fully saturated rings. The highest BCUT2D eigenvalue weighted by molar-refractivity contribution is 4.83. The number of nitrogens with one attached hydrogen (secondary N) is 1. The maximum atomic E-state index is 12.3. The minimum absolute atomic E-state index is 0.158. The smallest absolute Gasteiger partial charge is 0.177 e. The van der Waals surface area contributed by atoms with Gasteiger partial charge in [0.1, 0.15) is 6.10 Å². The van der Waals surface area contributed by atoms with Crippen LogP contribution in [0.1, 0.15) is 0 Å². The van der Waals surface area contributed by atoms with Crippen LogP contribution in [0.25, 0.3) is 0 Å². The van der Waals surface area contributed by atoms with E-state index in [1.807, 2.05) is 0 Å². The lowest BCUT2D eigenvalue weighted by Crippen LogP contribution is -2.27. The summed E-state index contributed by atoms with van der Waals surface area (Å²) in [6.07, 6.45) is -2.39. The highest BCUT2D eigenvalue weighted by atomic mass is 19.1. The van der Waals surface area contributed by atoms with Gasteiger partial charge in [0.2, 0.25) is 0 Å². The lowest BCUT2D eigenvalue weighted by molar-refractivity contribution is 0.0438. The van der Waals surface area contributed by atoms with E-state index in [9.17, 15) is 4.39 Å². The van der Waals surface area contributed by atoms with E-state index in [2.05, 4.69) is 5.32 Å². The van der Waals surface area contributed by atoms with Gasteiger partial charge in [-0.05, 0) is 0 Å². The van der Waals surface area contributed by atoms with Crippen molar-refractivity contribution < 1.29 is 14.6 Å². The average molecular weight is 135 g/mol. The molecule has 1 aliphatic heterocycles. The summed E-state index contributed by atoms with van der Waals surface area (Å²) in [4.78, 5) is 0. The molecule has 1 heterocycles. The first-order valence-electron chi connectivity index (χ1n) is 2.92. The first kappa shape index (κ1) is 6.92. The second-order valence-corrected chi connectivity index (χ2v) is 2.24. The van der Waals surface area contributed by atoms with E-state index < -0.39 is 12.4 Å². The van der Waals surface area contributed by atoms with Gasteiger partial charge in [0.05, 0.1) is 0 Å². The summed E-state index contributed by atoms with van der Waals surface area (Å²) in [5, 5.41) is 19.7. The zero-order valence-corrected chi connectivity index (χ0v) is 4.92. The number of halogens is 1. The van der Waals surface area contributed by atoms with Crippen molar-refractivity contribution >= 4 is 0 Å². The van der Waals surface area contributed by atoms with Crippen molar-refractivity contribution in [1.29, 1.82) is 0 Å². The summed E-state index contributed by atoms with van der Waals surface area (Å²) in [5.41, 5.74) is 0. The van der Waals surface area contributed by atoms with E-state index in [1.165, 1.54) is 0 Å². The first-order valence-corrected chi connectivity index (χ1v) is 2.92. The molecule has 3 nitrogen and oxygen atoms in total. The molecule has 1 saturated heterocycles. The number of hydrogen-bond acceptors (Lipinski definition) is 3. The Balaban J connectivity index is 2.41. The minimum atomic E-state index is -1.36. The van der Waals surface area contributed by atoms with E-state index in [-0.39, 0.29) is 12.5 Å². The maximum Gasteiger partial charge on any atom is 0.177 e. The Kier molecular flexibility index (Phi) is 2.00. The van der Waals surface area contributed by atoms with Gasteiger partial charge >= 0.3 is 0 Å². The molecule has 9 heavy (non-hydrogen) atoms. The summed E-state index contributed by atoms with van der Waals surface area (Å²) in [6, 6.07) is 0. The van der Waals surface area contributed by atoms with E-state index in [4.69, 9.17) is 10.2 Å². The van der Waals surface area contributed by atoms with Gasteiger partial charge < -0.3 is 10.2 Å². The van der Waals surface area contributed by atoms with E-state index in [1.54, 1.807) is 0 Å². The molecule has 4 heteroatoms. The molecule has 54 valence electrons. The molecular formula is C5H10FNO2. The van der Waals surface area contributed by atoms with Gasteiger partial charge in [0, 0.05) is 19.1 Å². The van der Waals surface area contributed by atoms with Gasteiger partial charge in [-0.1, -0.05) is 0 Å². The lowest BCUT2D eigenvalue weighted by atomic mass is 10.1. The highest BCUT2D eigenvalue weighted by Crippen LogP contribution is 2.14. The number of aliphatic hydroxyl groups excluding tert-OH is 2. The topological polar surface area (TPSA) is 52.5 Å². The third-order valence-electron chi connectivity index (χ3n) is 1.59. The maximum absolute atomic E-state index is 12.3. The third kappa shape index (κ3) is 1.20. The third-order valence-corrected chi connectivity index (χ3v) is 1.59. The fourth-order valence-electron chi connectivity index (χ4n) is 0.917. The Morgan fingerprint density at radius 1 is 1.67 bits per heavy atom. The van der Waals surface area contributed by atoms with Crippen LogP contribution in [0.15, 0.2) is 0 Å². The van der Waals surface area contributed by atoms with Crippen molar-refractivity contribution in [3.05, 3.63) is 0 Å². The molecule has 1 aliphatic rings. The van der Waals surface area contributed by atoms with E-state index in [0.29, 0.717) is 6.54 Å². The summed E-state index contributed by atoms with van der Waals surface area (Å²) >= 11 is 0. The van der Waals surface area contributed by atoms with Crippen LogP contribution < -0.4 is 5.32 Å². The van der Waals surface area contributed by atoms with Crippen LogP contribution in [0, 0.1) is 5.92 Å². The number of hydrogen-bond donors (Lipinski definition) is 3. The summed E-state index contributed by atoms with van der Waals surface area (Å²) in [7, 11) is 0. The van der Waals surface area contributed by atoms with Crippen LogP contribution in [-0.2, 0) is 0 Å². The van der Waals surface area contributed by atoms with E-state index in [0.717, 1.165) is 0 Å². The fraction of sp³-hybridized carbons (Fsp3) is 1.00. The van der Waals surface area contributed by atoms with Crippen LogP contribution in [-0.4, -0.2) is 35.8 Å². The molecule has 0 aromatic carbocycles. The monoisotopic (exact) mass is 135 g/mol. The zero-order valence-electron chi connectivity index (χ0n) is 4.92. The SMILES string of the molecule is OCC1CNC(F)C1O. The van der Waals surface area contributed by atoms with Crippen molar-refractivity contribution in [3.63, 3.8) is 0 Å². The van der Waals surface area contributed by atoms with Gasteiger partial charge in [-0.3, -0.25) is 5.32 Å². The molecule has 0 bridgehead atoms. The second kappa shape index (κ2) is 2.60. The van der Waals surface area contributed by atoms with E-state index >= 15 is 0 Å². The Hall–Kier alpha value is -0.190. The van der Waals surface area contributed by atoms with Crippen molar-refractivity contribution in [1.82, 2.24) is 5.32 Å². The van der Waals surface area contributed by atoms with Crippen LogP contribution in [0.4, 0.5) is 4.39 Å². The molecule has 0 spiro atoms. The Morgan fingerprint density at radius 2 is 2.33 bits per heavy atom. The lowest BCUT2D eigenvalue weighted by Gasteiger charge is -2.09. The predicted molar refractivity (Wildman–Crippen MR) is 29.5 cm³/mol. The van der Waals surface area contributed by atoms with Crippen LogP contribution in [0.3, 0.4) is 0 Å². The first-order chi connectivity index (χ1) is 4.25. The Bertz CT molecular complexity index is 101. The van der Waals surface area contributed by atoms with Crippen molar-refractivity contribution in [2.24, 2.45) is 5.92 Å². The molecule has 0 aliphatic carbocycles. The van der Waals surface area contributed by atoms with Crippen LogP contribution in [0.2, 0.25) is 0 Å². The average Bonchev–Trinajstić information content (AvgIpc) is 2.15. The van der Waals surface area contributed by atoms with Crippen molar-refractivity contribution in [3.8, 4) is 0 Å². The largest absolute Gasteiger partial charge is 0.396 e. The van der Waals surface area contributed by atoms with Crippen LogP contribution >= 0.6 is 0 Å². The normalized spacial score (nSPS) is 43.7. The second-order valence-electron chi connectivity index (χ2n) is 2.24. The summed E-state index contributed by atoms with van der Waals surface area (Å²) in [6.45, 7) is 0.202. The predicted octanol–water partition coefficient (Wildman–Crippen LogP) is -1.15. The van der Waals surface area contributed by atoms with Gasteiger partial charge in [-0.25, -0.2) is 4.39 Å². The van der Waals surface area contributed by atoms with Crippen LogP contribution in [0.5, 0.6) is 0 Å². The zero-order chi connectivity index (χ0) is 6.85. The molecule has 0 aromatic rings. The molecule has 3 unspecified atom stereocenters. The van der Waals surface area contributed by atoms with Crippen molar-refractivity contribution in [2.75, 3.05) is 13.2 Å². The summed E-state index contributed by atoms with van der Waals surface area (Å²) in [5.74, 6) is -0.333. The molecule has 1 rings (SSSR count). The number of rotatable bonds is 1. The molecule has 0 amide bonds.